The molecule has 1 aliphatic carbocycles. The van der Waals surface area contributed by atoms with Gasteiger partial charge in [0.25, 0.3) is 0 Å². The van der Waals surface area contributed by atoms with Gasteiger partial charge in [0.15, 0.2) is 0 Å². The number of nitrogens with zero attached hydrogens (tertiary/aromatic N) is 3. The summed E-state index contributed by atoms with van der Waals surface area (Å²) in [5.41, 5.74) is 2.35. The second-order valence-electron chi connectivity index (χ2n) is 9.82. The van der Waals surface area contributed by atoms with Crippen LogP contribution in [0.15, 0.2) is 35.3 Å². The van der Waals surface area contributed by atoms with Crippen molar-refractivity contribution < 1.29 is 16.5 Å². The Bertz CT molecular complexity index is 599. The summed E-state index contributed by atoms with van der Waals surface area (Å²) in [6, 6.07) is 10.4. The van der Waals surface area contributed by atoms with Crippen LogP contribution in [-0.2, 0) is 16.5 Å². The monoisotopic (exact) mass is 447 g/mol. The van der Waals surface area contributed by atoms with Gasteiger partial charge in [0.05, 0.1) is 18.8 Å². The fraction of sp³-hybridized carbons (Fsp3) is 0.652. The van der Waals surface area contributed by atoms with E-state index in [0.717, 1.165) is 11.3 Å². The van der Waals surface area contributed by atoms with E-state index in [1.807, 2.05) is 0 Å². The van der Waals surface area contributed by atoms with E-state index in [-0.39, 0.29) is 35.0 Å². The van der Waals surface area contributed by atoms with E-state index in [1.54, 1.807) is 0 Å². The molecule has 0 bridgehead atoms. The maximum Gasteiger partial charge on any atom is 0.144 e. The Morgan fingerprint density at radius 1 is 0.929 bits per heavy atom. The SMILES string of the molecule is CC(C)(C)N1CCN(C(C)(C)C)[PH+]1C1CCCC1C=Nc1ccccc1.[CH3-].[Ni]. The Morgan fingerprint density at radius 2 is 1.46 bits per heavy atom. The largest absolute Gasteiger partial charge is 0.358 e. The fourth-order valence-electron chi connectivity index (χ4n) is 4.52. The van der Waals surface area contributed by atoms with Crippen molar-refractivity contribution in [1.82, 2.24) is 9.34 Å². The quantitative estimate of drug-likeness (QED) is 0.235. The van der Waals surface area contributed by atoms with Crippen molar-refractivity contribution in [2.75, 3.05) is 13.1 Å². The number of hydrogen-bond donors (Lipinski definition) is 0. The third kappa shape index (κ3) is 5.88. The van der Waals surface area contributed by atoms with Gasteiger partial charge in [-0.3, -0.25) is 4.99 Å². The van der Waals surface area contributed by atoms with E-state index in [4.69, 9.17) is 4.99 Å². The molecule has 1 saturated heterocycles. The van der Waals surface area contributed by atoms with Crippen molar-refractivity contribution >= 4 is 20.1 Å². The molecule has 0 amide bonds. The van der Waals surface area contributed by atoms with Crippen molar-refractivity contribution in [2.24, 2.45) is 10.9 Å². The first-order valence-electron chi connectivity index (χ1n) is 10.2. The maximum absolute atomic E-state index is 4.84. The molecular formula is C23H40N3NiP. The van der Waals surface area contributed by atoms with Gasteiger partial charge < -0.3 is 7.43 Å². The number of aliphatic imine (C=N–C) groups is 1. The molecule has 2 aliphatic rings. The molecule has 3 nitrogen and oxygen atoms in total. The van der Waals surface area contributed by atoms with Gasteiger partial charge >= 0.3 is 0 Å². The molecule has 1 aliphatic heterocycles. The van der Waals surface area contributed by atoms with Crippen LogP contribution in [-0.4, -0.2) is 45.4 Å². The Morgan fingerprint density at radius 3 is 1.96 bits per heavy atom. The smallest absolute Gasteiger partial charge is 0.144 e. The minimum Gasteiger partial charge on any atom is -0.358 e. The molecule has 1 saturated carbocycles. The molecule has 28 heavy (non-hydrogen) atoms. The van der Waals surface area contributed by atoms with Gasteiger partial charge in [0.1, 0.15) is 13.9 Å². The van der Waals surface area contributed by atoms with Crippen molar-refractivity contribution in [3.05, 3.63) is 37.8 Å². The van der Waals surface area contributed by atoms with Crippen LogP contribution in [0.2, 0.25) is 0 Å². The van der Waals surface area contributed by atoms with Crippen LogP contribution >= 0.6 is 8.22 Å². The van der Waals surface area contributed by atoms with Gasteiger partial charge in [-0.15, -0.1) is 0 Å². The summed E-state index contributed by atoms with van der Waals surface area (Å²) in [6.07, 6.45) is 6.29. The number of rotatable bonds is 3. The summed E-state index contributed by atoms with van der Waals surface area (Å²) in [4.78, 5) is 4.84. The molecule has 2 unspecified atom stereocenters. The van der Waals surface area contributed by atoms with Crippen LogP contribution in [0, 0.1) is 13.3 Å². The van der Waals surface area contributed by atoms with Gasteiger partial charge in [-0.05, 0) is 72.9 Å². The fourth-order valence-corrected chi connectivity index (χ4v) is 8.74. The summed E-state index contributed by atoms with van der Waals surface area (Å²) in [6.45, 7) is 16.8. The number of para-hydroxylation sites is 1. The molecule has 3 rings (SSSR count). The second kappa shape index (κ2) is 10.2. The van der Waals surface area contributed by atoms with Crippen LogP contribution < -0.4 is 0 Å². The number of hydrogen-bond acceptors (Lipinski definition) is 3. The molecule has 0 aromatic heterocycles. The van der Waals surface area contributed by atoms with Crippen LogP contribution in [0.25, 0.3) is 0 Å². The predicted molar refractivity (Wildman–Crippen MR) is 123 cm³/mol. The standard InChI is InChI=1S/C22H36N3P.CH3.Ni/c1-21(2,3)24-15-16-25(22(4,5)6)26(24)20-14-10-11-18(20)17-23-19-12-8-7-9-13-19;;/h7-9,12-13,17-18,20H,10-11,14-16H2,1-6H3;1H3;/q;-1;/p+1. The Hall–Kier alpha value is -0.266. The van der Waals surface area contributed by atoms with Crippen LogP contribution in [0.1, 0.15) is 60.8 Å². The van der Waals surface area contributed by atoms with E-state index in [2.05, 4.69) is 87.4 Å². The van der Waals surface area contributed by atoms with E-state index in [9.17, 15) is 0 Å². The van der Waals surface area contributed by atoms with E-state index in [0.29, 0.717) is 5.92 Å². The molecule has 1 heterocycles. The summed E-state index contributed by atoms with van der Waals surface area (Å²) in [5.74, 6) is 0.622. The van der Waals surface area contributed by atoms with Gasteiger partial charge in [-0.1, -0.05) is 18.2 Å². The van der Waals surface area contributed by atoms with Gasteiger partial charge in [-0.2, -0.15) is 9.34 Å². The van der Waals surface area contributed by atoms with E-state index >= 15 is 0 Å². The van der Waals surface area contributed by atoms with Crippen molar-refractivity contribution in [1.29, 1.82) is 0 Å². The molecule has 0 spiro atoms. The molecule has 1 aromatic rings. The first-order chi connectivity index (χ1) is 12.2. The molecule has 0 N–H and O–H groups in total. The van der Waals surface area contributed by atoms with Gasteiger partial charge in [0, 0.05) is 39.7 Å². The average molecular weight is 448 g/mol. The van der Waals surface area contributed by atoms with Crippen molar-refractivity contribution in [3.63, 3.8) is 0 Å². The summed E-state index contributed by atoms with van der Waals surface area (Å²) < 4.78 is 5.70. The molecule has 1 aromatic carbocycles. The topological polar surface area (TPSA) is 18.8 Å². The Kier molecular flexibility index (Phi) is 9.35. The molecule has 0 radical (unpaired) electrons. The Balaban J connectivity index is 0.00000196. The van der Waals surface area contributed by atoms with Gasteiger partial charge in [0.2, 0.25) is 0 Å². The molecular weight excluding hydrogens is 408 g/mol. The second-order valence-corrected chi connectivity index (χ2v) is 12.4. The first-order valence-corrected chi connectivity index (χ1v) is 11.7. The van der Waals surface area contributed by atoms with E-state index in [1.165, 1.54) is 32.4 Å². The first kappa shape index (κ1) is 25.8. The van der Waals surface area contributed by atoms with Crippen LogP contribution in [0.4, 0.5) is 5.69 Å². The van der Waals surface area contributed by atoms with Crippen LogP contribution in [0.3, 0.4) is 0 Å². The summed E-state index contributed by atoms with van der Waals surface area (Å²) >= 11 is 0. The third-order valence-electron chi connectivity index (χ3n) is 5.79. The predicted octanol–water partition coefficient (Wildman–Crippen LogP) is 6.26. The zero-order chi connectivity index (χ0) is 18.9. The van der Waals surface area contributed by atoms with Crippen molar-refractivity contribution in [2.45, 2.75) is 77.5 Å². The summed E-state index contributed by atoms with van der Waals surface area (Å²) in [7, 11) is -0.757. The summed E-state index contributed by atoms with van der Waals surface area (Å²) in [5, 5.41) is 0. The van der Waals surface area contributed by atoms with Crippen molar-refractivity contribution in [3.8, 4) is 0 Å². The maximum atomic E-state index is 4.84. The molecule has 2 atom stereocenters. The zero-order valence-electron chi connectivity index (χ0n) is 18.8. The van der Waals surface area contributed by atoms with Crippen LogP contribution in [0.5, 0.6) is 0 Å². The zero-order valence-corrected chi connectivity index (χ0v) is 20.8. The minimum atomic E-state index is -0.757. The molecule has 5 heteroatoms. The van der Waals surface area contributed by atoms with E-state index < -0.39 is 8.22 Å². The minimum absolute atomic E-state index is 0. The van der Waals surface area contributed by atoms with Gasteiger partial charge in [-0.25, -0.2) is 0 Å². The Labute approximate surface area is 185 Å². The number of benzene rings is 1. The molecule has 2 fully saturated rings. The third-order valence-corrected chi connectivity index (χ3v) is 10.1. The average Bonchev–Trinajstić information content (AvgIpc) is 3.19. The normalized spacial score (nSPS) is 25.1. The molecule has 162 valence electrons.